The number of nitrogens with zero attached hydrogens (tertiary/aromatic N) is 1. The van der Waals surface area contributed by atoms with Gasteiger partial charge < -0.3 is 10.6 Å². The number of rotatable bonds is 2. The molecule has 2 N–H and O–H groups in total. The van der Waals surface area contributed by atoms with E-state index >= 15 is 0 Å². The quantitative estimate of drug-likeness (QED) is 0.601. The number of alkyl halides is 3. The van der Waals surface area contributed by atoms with Crippen LogP contribution in [0.25, 0.3) is 0 Å². The fourth-order valence-electron chi connectivity index (χ4n) is 2.68. The Kier molecular flexibility index (Phi) is 4.58. The molecule has 0 spiro atoms. The molecule has 0 aliphatic heterocycles. The number of hydrogen-bond donors (Lipinski definition) is 2. The molecule has 0 saturated heterocycles. The summed E-state index contributed by atoms with van der Waals surface area (Å²) in [7, 11) is 1.70. The first kappa shape index (κ1) is 14.5. The van der Waals surface area contributed by atoms with Crippen LogP contribution in [0.5, 0.6) is 0 Å². The molecule has 2 rings (SSSR count). The molecule has 0 bridgehead atoms. The van der Waals surface area contributed by atoms with Crippen molar-refractivity contribution in [2.45, 2.75) is 63.2 Å². The summed E-state index contributed by atoms with van der Waals surface area (Å²) < 4.78 is 37.7. The largest absolute Gasteiger partial charge is 0.391 e. The molecule has 0 aromatic rings. The Morgan fingerprint density at radius 2 is 1.47 bits per heavy atom. The van der Waals surface area contributed by atoms with E-state index in [1.165, 1.54) is 6.42 Å². The Morgan fingerprint density at radius 1 is 0.947 bits per heavy atom. The highest BCUT2D eigenvalue weighted by Gasteiger charge is 2.41. The van der Waals surface area contributed by atoms with Gasteiger partial charge in [0.15, 0.2) is 5.96 Å². The van der Waals surface area contributed by atoms with Crippen molar-refractivity contribution in [3.63, 3.8) is 0 Å². The van der Waals surface area contributed by atoms with E-state index in [-0.39, 0.29) is 18.9 Å². The van der Waals surface area contributed by atoms with Gasteiger partial charge >= 0.3 is 6.18 Å². The Labute approximate surface area is 112 Å². The molecular weight excluding hydrogens is 255 g/mol. The summed E-state index contributed by atoms with van der Waals surface area (Å²) in [5.74, 6) is -0.382. The zero-order valence-corrected chi connectivity index (χ0v) is 11.3. The van der Waals surface area contributed by atoms with Crippen molar-refractivity contribution >= 4 is 5.96 Å². The lowest BCUT2D eigenvalue weighted by atomic mass is 9.85. The minimum Gasteiger partial charge on any atom is -0.354 e. The maximum absolute atomic E-state index is 12.6. The first-order chi connectivity index (χ1) is 8.99. The molecule has 110 valence electrons. The van der Waals surface area contributed by atoms with E-state index in [4.69, 9.17) is 0 Å². The molecule has 0 aromatic heterocycles. The van der Waals surface area contributed by atoms with Gasteiger partial charge in [0.1, 0.15) is 0 Å². The van der Waals surface area contributed by atoms with Crippen LogP contribution in [0.4, 0.5) is 13.2 Å². The summed E-state index contributed by atoms with van der Waals surface area (Å²) in [4.78, 5) is 4.14. The van der Waals surface area contributed by atoms with Gasteiger partial charge in [0.05, 0.1) is 5.92 Å². The zero-order valence-electron chi connectivity index (χ0n) is 11.3. The van der Waals surface area contributed by atoms with Crippen LogP contribution in [-0.4, -0.2) is 31.3 Å². The van der Waals surface area contributed by atoms with E-state index in [1.54, 1.807) is 7.05 Å². The topological polar surface area (TPSA) is 36.4 Å². The standard InChI is InChI=1S/C13H22F3N3/c1-17-12(18-10-3-2-4-10)19-11-7-5-9(6-8-11)13(14,15)16/h9-11H,2-8H2,1H3,(H2,17,18,19). The molecule has 6 heteroatoms. The lowest BCUT2D eigenvalue weighted by Crippen LogP contribution is -2.50. The van der Waals surface area contributed by atoms with Crippen molar-refractivity contribution < 1.29 is 13.2 Å². The fourth-order valence-corrected chi connectivity index (χ4v) is 2.68. The number of guanidine groups is 1. The first-order valence-electron chi connectivity index (χ1n) is 7.05. The minimum absolute atomic E-state index is 0.116. The van der Waals surface area contributed by atoms with Crippen molar-refractivity contribution in [3.05, 3.63) is 0 Å². The molecule has 0 aromatic carbocycles. The van der Waals surface area contributed by atoms with E-state index in [0.717, 1.165) is 18.8 Å². The van der Waals surface area contributed by atoms with Crippen molar-refractivity contribution in [1.29, 1.82) is 0 Å². The number of hydrogen-bond acceptors (Lipinski definition) is 1. The molecule has 0 amide bonds. The molecule has 3 nitrogen and oxygen atoms in total. The third-order valence-electron chi connectivity index (χ3n) is 4.20. The normalized spacial score (nSPS) is 29.8. The average molecular weight is 277 g/mol. The van der Waals surface area contributed by atoms with Crippen molar-refractivity contribution in [1.82, 2.24) is 10.6 Å². The molecule has 2 fully saturated rings. The van der Waals surface area contributed by atoms with E-state index in [0.29, 0.717) is 18.9 Å². The van der Waals surface area contributed by atoms with E-state index in [1.807, 2.05) is 0 Å². The number of aliphatic imine (C=N–C) groups is 1. The smallest absolute Gasteiger partial charge is 0.354 e. The second kappa shape index (κ2) is 6.01. The van der Waals surface area contributed by atoms with Gasteiger partial charge in [-0.15, -0.1) is 0 Å². The molecule has 0 atom stereocenters. The summed E-state index contributed by atoms with van der Waals surface area (Å²) >= 11 is 0. The summed E-state index contributed by atoms with van der Waals surface area (Å²) in [6.45, 7) is 0. The van der Waals surface area contributed by atoms with Crippen molar-refractivity contribution in [3.8, 4) is 0 Å². The van der Waals surface area contributed by atoms with Crippen LogP contribution in [0, 0.1) is 5.92 Å². The van der Waals surface area contributed by atoms with Gasteiger partial charge in [-0.25, -0.2) is 0 Å². The third kappa shape index (κ3) is 4.01. The minimum atomic E-state index is -4.03. The summed E-state index contributed by atoms with van der Waals surface area (Å²) in [5, 5.41) is 6.56. The van der Waals surface area contributed by atoms with Crippen LogP contribution in [0.2, 0.25) is 0 Å². The van der Waals surface area contributed by atoms with Gasteiger partial charge in [0.25, 0.3) is 0 Å². The Hall–Kier alpha value is -0.940. The van der Waals surface area contributed by atoms with Crippen LogP contribution in [0.1, 0.15) is 44.9 Å². The van der Waals surface area contributed by atoms with Crippen LogP contribution < -0.4 is 10.6 Å². The van der Waals surface area contributed by atoms with E-state index in [9.17, 15) is 13.2 Å². The molecule has 0 unspecified atom stereocenters. The Morgan fingerprint density at radius 3 is 1.84 bits per heavy atom. The highest BCUT2D eigenvalue weighted by atomic mass is 19.4. The summed E-state index contributed by atoms with van der Waals surface area (Å²) in [6, 6.07) is 0.600. The molecule has 0 radical (unpaired) electrons. The van der Waals surface area contributed by atoms with Crippen LogP contribution >= 0.6 is 0 Å². The second-order valence-corrected chi connectivity index (χ2v) is 5.58. The van der Waals surface area contributed by atoms with Gasteiger partial charge in [-0.3, -0.25) is 4.99 Å². The highest BCUT2D eigenvalue weighted by Crippen LogP contribution is 2.37. The molecular formula is C13H22F3N3. The highest BCUT2D eigenvalue weighted by molar-refractivity contribution is 5.80. The summed E-state index contributed by atoms with van der Waals surface area (Å²) in [5.41, 5.74) is 0. The SMILES string of the molecule is CN=C(NC1CCC1)NC1CCC(C(F)(F)F)CC1. The summed E-state index contributed by atoms with van der Waals surface area (Å²) in [6.07, 6.45) is 1.10. The van der Waals surface area contributed by atoms with Crippen LogP contribution in [0.3, 0.4) is 0 Å². The van der Waals surface area contributed by atoms with E-state index < -0.39 is 12.1 Å². The number of halogens is 3. The molecule has 0 heterocycles. The molecule has 2 aliphatic rings. The Balaban J connectivity index is 1.74. The van der Waals surface area contributed by atoms with Gasteiger partial charge in [-0.1, -0.05) is 0 Å². The van der Waals surface area contributed by atoms with Gasteiger partial charge in [0, 0.05) is 19.1 Å². The predicted octanol–water partition coefficient (Wildman–Crippen LogP) is 2.83. The van der Waals surface area contributed by atoms with Crippen LogP contribution in [0.15, 0.2) is 4.99 Å². The maximum atomic E-state index is 12.6. The lowest BCUT2D eigenvalue weighted by molar-refractivity contribution is -0.182. The van der Waals surface area contributed by atoms with Gasteiger partial charge in [-0.05, 0) is 44.9 Å². The first-order valence-corrected chi connectivity index (χ1v) is 7.05. The number of nitrogens with one attached hydrogen (secondary N) is 2. The fraction of sp³-hybridized carbons (Fsp3) is 0.923. The monoisotopic (exact) mass is 277 g/mol. The Bertz CT molecular complexity index is 316. The second-order valence-electron chi connectivity index (χ2n) is 5.58. The van der Waals surface area contributed by atoms with Crippen LogP contribution in [-0.2, 0) is 0 Å². The molecule has 2 saturated carbocycles. The maximum Gasteiger partial charge on any atom is 0.391 e. The van der Waals surface area contributed by atoms with Gasteiger partial charge in [-0.2, -0.15) is 13.2 Å². The van der Waals surface area contributed by atoms with Crippen molar-refractivity contribution in [2.75, 3.05) is 7.05 Å². The average Bonchev–Trinajstić information content (AvgIpc) is 2.31. The van der Waals surface area contributed by atoms with Crippen molar-refractivity contribution in [2.24, 2.45) is 10.9 Å². The predicted molar refractivity (Wildman–Crippen MR) is 69.1 cm³/mol. The molecule has 19 heavy (non-hydrogen) atoms. The van der Waals surface area contributed by atoms with Gasteiger partial charge in [0.2, 0.25) is 0 Å². The van der Waals surface area contributed by atoms with E-state index in [2.05, 4.69) is 15.6 Å². The zero-order chi connectivity index (χ0) is 13.9. The molecule has 2 aliphatic carbocycles. The lowest BCUT2D eigenvalue weighted by Gasteiger charge is -2.33. The third-order valence-corrected chi connectivity index (χ3v) is 4.20.